The smallest absolute Gasteiger partial charge is 0.249 e. The number of rotatable bonds is 4. The molecule has 0 bridgehead atoms. The molecular formula is C14H20N2O3. The summed E-state index contributed by atoms with van der Waals surface area (Å²) in [7, 11) is 0. The number of nitrogens with zero attached hydrogens (tertiary/aromatic N) is 1. The van der Waals surface area contributed by atoms with Crippen molar-refractivity contribution in [2.24, 2.45) is 5.73 Å². The zero-order chi connectivity index (χ0) is 13.8. The Labute approximate surface area is 112 Å². The fourth-order valence-electron chi connectivity index (χ4n) is 2.49. The van der Waals surface area contributed by atoms with Crippen molar-refractivity contribution in [3.8, 4) is 0 Å². The van der Waals surface area contributed by atoms with E-state index in [4.69, 9.17) is 5.73 Å². The van der Waals surface area contributed by atoms with E-state index in [1.807, 2.05) is 12.1 Å². The number of carbonyl (C=O) groups excluding carboxylic acids is 1. The van der Waals surface area contributed by atoms with Crippen molar-refractivity contribution in [3.63, 3.8) is 0 Å². The second kappa shape index (κ2) is 6.04. The molecule has 1 aromatic rings. The molecule has 5 heteroatoms. The number of amides is 1. The Bertz CT molecular complexity index is 444. The molecule has 1 amide bonds. The maximum absolute atomic E-state index is 11.0. The summed E-state index contributed by atoms with van der Waals surface area (Å²) in [4.78, 5) is 13.2. The lowest BCUT2D eigenvalue weighted by Gasteiger charge is -2.32. The van der Waals surface area contributed by atoms with Crippen molar-refractivity contribution in [3.05, 3.63) is 29.8 Å². The molecule has 0 saturated carbocycles. The van der Waals surface area contributed by atoms with Gasteiger partial charge in [0.05, 0.1) is 0 Å². The van der Waals surface area contributed by atoms with E-state index in [1.54, 1.807) is 12.1 Å². The van der Waals surface area contributed by atoms with Crippen LogP contribution < -0.4 is 10.6 Å². The Hall–Kier alpha value is -1.59. The summed E-state index contributed by atoms with van der Waals surface area (Å²) in [6.07, 6.45) is 0.582. The van der Waals surface area contributed by atoms with Crippen molar-refractivity contribution >= 4 is 11.6 Å². The SMILES string of the molecule is NC(=O)C(O)C(O)c1ccccc1N1CCCCC1. The van der Waals surface area contributed by atoms with Gasteiger partial charge in [-0.2, -0.15) is 0 Å². The highest BCUT2D eigenvalue weighted by Crippen LogP contribution is 2.30. The van der Waals surface area contributed by atoms with E-state index in [0.29, 0.717) is 5.56 Å². The predicted molar refractivity (Wildman–Crippen MR) is 72.7 cm³/mol. The highest BCUT2D eigenvalue weighted by atomic mass is 16.3. The third-order valence-corrected chi connectivity index (χ3v) is 3.54. The van der Waals surface area contributed by atoms with E-state index in [-0.39, 0.29) is 0 Å². The summed E-state index contributed by atoms with van der Waals surface area (Å²) < 4.78 is 0. The third kappa shape index (κ3) is 3.05. The molecule has 1 aliphatic heterocycles. The lowest BCUT2D eigenvalue weighted by atomic mass is 10.00. The molecule has 4 N–H and O–H groups in total. The summed E-state index contributed by atoms with van der Waals surface area (Å²) in [5.41, 5.74) is 6.46. The minimum atomic E-state index is -1.58. The van der Waals surface area contributed by atoms with E-state index < -0.39 is 18.1 Å². The number of carbonyl (C=O) groups is 1. The predicted octanol–water partition coefficient (Wildman–Crippen LogP) is 0.556. The minimum absolute atomic E-state index is 0.552. The first-order chi connectivity index (χ1) is 9.11. The van der Waals surface area contributed by atoms with Gasteiger partial charge in [-0.25, -0.2) is 0 Å². The molecule has 0 aromatic heterocycles. The van der Waals surface area contributed by atoms with Gasteiger partial charge < -0.3 is 20.8 Å². The number of benzene rings is 1. The summed E-state index contributed by atoms with van der Waals surface area (Å²) in [5.74, 6) is -0.916. The molecule has 1 aliphatic rings. The minimum Gasteiger partial charge on any atom is -0.385 e. The Morgan fingerprint density at radius 1 is 1.16 bits per heavy atom. The molecule has 0 radical (unpaired) electrons. The van der Waals surface area contributed by atoms with Crippen LogP contribution in [0.25, 0.3) is 0 Å². The van der Waals surface area contributed by atoms with Gasteiger partial charge in [-0.15, -0.1) is 0 Å². The van der Waals surface area contributed by atoms with Gasteiger partial charge in [0.1, 0.15) is 6.10 Å². The Kier molecular flexibility index (Phi) is 4.39. The molecule has 0 aliphatic carbocycles. The molecule has 2 rings (SSSR count). The fraction of sp³-hybridized carbons (Fsp3) is 0.500. The second-order valence-corrected chi connectivity index (χ2v) is 4.90. The lowest BCUT2D eigenvalue weighted by Crippen LogP contribution is -2.36. The Morgan fingerprint density at radius 3 is 2.42 bits per heavy atom. The van der Waals surface area contributed by atoms with Crippen LogP contribution in [0.3, 0.4) is 0 Å². The van der Waals surface area contributed by atoms with Gasteiger partial charge in [0.25, 0.3) is 0 Å². The van der Waals surface area contributed by atoms with Crippen LogP contribution in [0.15, 0.2) is 24.3 Å². The molecule has 19 heavy (non-hydrogen) atoms. The highest BCUT2D eigenvalue weighted by molar-refractivity contribution is 5.80. The maximum Gasteiger partial charge on any atom is 0.249 e. The highest BCUT2D eigenvalue weighted by Gasteiger charge is 2.27. The normalized spacial score (nSPS) is 18.9. The van der Waals surface area contributed by atoms with Crippen molar-refractivity contribution in [1.29, 1.82) is 0 Å². The maximum atomic E-state index is 11.0. The molecule has 1 saturated heterocycles. The quantitative estimate of drug-likeness (QED) is 0.741. The van der Waals surface area contributed by atoms with Gasteiger partial charge in [-0.05, 0) is 25.3 Å². The third-order valence-electron chi connectivity index (χ3n) is 3.54. The topological polar surface area (TPSA) is 86.8 Å². The average molecular weight is 264 g/mol. The van der Waals surface area contributed by atoms with Crippen LogP contribution >= 0.6 is 0 Å². The average Bonchev–Trinajstić information content (AvgIpc) is 2.46. The molecule has 1 heterocycles. The van der Waals surface area contributed by atoms with Gasteiger partial charge in [0.2, 0.25) is 5.91 Å². The molecule has 0 spiro atoms. The first kappa shape index (κ1) is 13.8. The molecular weight excluding hydrogens is 244 g/mol. The monoisotopic (exact) mass is 264 g/mol. The van der Waals surface area contributed by atoms with E-state index in [0.717, 1.165) is 31.6 Å². The Balaban J connectivity index is 2.27. The number of hydrogen-bond acceptors (Lipinski definition) is 4. The number of nitrogens with two attached hydrogens (primary N) is 1. The van der Waals surface area contributed by atoms with E-state index in [1.165, 1.54) is 6.42 Å². The van der Waals surface area contributed by atoms with Crippen molar-refractivity contribution in [2.75, 3.05) is 18.0 Å². The molecule has 5 nitrogen and oxygen atoms in total. The van der Waals surface area contributed by atoms with Crippen molar-refractivity contribution in [1.82, 2.24) is 0 Å². The van der Waals surface area contributed by atoms with Gasteiger partial charge in [0, 0.05) is 24.3 Å². The van der Waals surface area contributed by atoms with Gasteiger partial charge in [-0.1, -0.05) is 18.2 Å². The fourth-order valence-corrected chi connectivity index (χ4v) is 2.49. The number of piperidine rings is 1. The van der Waals surface area contributed by atoms with Crippen molar-refractivity contribution in [2.45, 2.75) is 31.5 Å². The number of primary amides is 1. The zero-order valence-electron chi connectivity index (χ0n) is 10.8. The van der Waals surface area contributed by atoms with Crippen LogP contribution in [0.4, 0.5) is 5.69 Å². The number of aliphatic hydroxyl groups excluding tert-OH is 2. The van der Waals surface area contributed by atoms with E-state index in [9.17, 15) is 15.0 Å². The van der Waals surface area contributed by atoms with Crippen LogP contribution in [-0.4, -0.2) is 35.3 Å². The lowest BCUT2D eigenvalue weighted by molar-refractivity contribution is -0.131. The molecule has 104 valence electrons. The standard InChI is InChI=1S/C14H20N2O3/c15-14(19)13(18)12(17)10-6-2-3-7-11(10)16-8-4-1-5-9-16/h2-3,6-7,12-13,17-18H,1,4-5,8-9H2,(H2,15,19). The van der Waals surface area contributed by atoms with Gasteiger partial charge >= 0.3 is 0 Å². The summed E-state index contributed by atoms with van der Waals surface area (Å²) in [5, 5.41) is 19.7. The summed E-state index contributed by atoms with van der Waals surface area (Å²) in [6.45, 7) is 1.85. The molecule has 2 unspecified atom stereocenters. The first-order valence-electron chi connectivity index (χ1n) is 6.60. The van der Waals surface area contributed by atoms with Crippen LogP contribution in [0.1, 0.15) is 30.9 Å². The Morgan fingerprint density at radius 2 is 1.79 bits per heavy atom. The van der Waals surface area contributed by atoms with Crippen molar-refractivity contribution < 1.29 is 15.0 Å². The molecule has 1 aromatic carbocycles. The number of hydrogen-bond donors (Lipinski definition) is 3. The number of aliphatic hydroxyl groups is 2. The largest absolute Gasteiger partial charge is 0.385 e. The van der Waals surface area contributed by atoms with Crippen LogP contribution in [0.2, 0.25) is 0 Å². The van der Waals surface area contributed by atoms with E-state index >= 15 is 0 Å². The summed E-state index contributed by atoms with van der Waals surface area (Å²) >= 11 is 0. The number of para-hydroxylation sites is 1. The molecule has 2 atom stereocenters. The number of anilines is 1. The van der Waals surface area contributed by atoms with Crippen LogP contribution in [0, 0.1) is 0 Å². The second-order valence-electron chi connectivity index (χ2n) is 4.90. The first-order valence-corrected chi connectivity index (χ1v) is 6.60. The molecule has 1 fully saturated rings. The van der Waals surface area contributed by atoms with Crippen LogP contribution in [-0.2, 0) is 4.79 Å². The van der Waals surface area contributed by atoms with Gasteiger partial charge in [-0.3, -0.25) is 4.79 Å². The van der Waals surface area contributed by atoms with Gasteiger partial charge in [0.15, 0.2) is 6.10 Å². The van der Waals surface area contributed by atoms with Crippen LogP contribution in [0.5, 0.6) is 0 Å². The van der Waals surface area contributed by atoms with E-state index in [2.05, 4.69) is 4.90 Å². The zero-order valence-corrected chi connectivity index (χ0v) is 10.8. The summed E-state index contributed by atoms with van der Waals surface area (Å²) in [6, 6.07) is 7.29.